The predicted molar refractivity (Wildman–Crippen MR) is 64.4 cm³/mol. The Morgan fingerprint density at radius 2 is 2.12 bits per heavy atom. The fourth-order valence-corrected chi connectivity index (χ4v) is 2.22. The largest absolute Gasteiger partial charge is 0.497 e. The zero-order valence-electron chi connectivity index (χ0n) is 10.3. The maximum atomic E-state index is 12.1. The lowest BCUT2D eigenvalue weighted by molar-refractivity contribution is -0.124. The Labute approximate surface area is 101 Å². The minimum Gasteiger partial charge on any atom is -0.497 e. The molecular formula is C14H16O3. The average molecular weight is 232 g/mol. The maximum absolute atomic E-state index is 12.1. The summed E-state index contributed by atoms with van der Waals surface area (Å²) in [7, 11) is 1.57. The highest BCUT2D eigenvalue weighted by Crippen LogP contribution is 2.31. The van der Waals surface area contributed by atoms with Crippen LogP contribution >= 0.6 is 0 Å². The smallest absolute Gasteiger partial charge is 0.174 e. The Hall–Kier alpha value is -1.64. The van der Waals surface area contributed by atoms with Crippen LogP contribution in [0.5, 0.6) is 5.75 Å². The van der Waals surface area contributed by atoms with E-state index < -0.39 is 5.92 Å². The molecular weight excluding hydrogens is 216 g/mol. The summed E-state index contributed by atoms with van der Waals surface area (Å²) in [5.41, 5.74) is 1.60. The lowest BCUT2D eigenvalue weighted by Gasteiger charge is -2.09. The third kappa shape index (κ3) is 1.97. The van der Waals surface area contributed by atoms with Crippen LogP contribution in [-0.2, 0) is 11.2 Å². The zero-order valence-corrected chi connectivity index (χ0v) is 10.3. The molecule has 1 unspecified atom stereocenters. The van der Waals surface area contributed by atoms with Gasteiger partial charge in [0, 0.05) is 11.5 Å². The van der Waals surface area contributed by atoms with Gasteiger partial charge < -0.3 is 4.74 Å². The first-order valence-corrected chi connectivity index (χ1v) is 5.79. The number of carbonyl (C=O) groups excluding carboxylic acids is 2. The number of ether oxygens (including phenoxy) is 1. The number of ketones is 2. The Kier molecular flexibility index (Phi) is 3.01. The molecule has 1 aromatic carbocycles. The fraction of sp³-hybridized carbons (Fsp3) is 0.429. The number of methoxy groups -OCH3 is 1. The van der Waals surface area contributed by atoms with Crippen LogP contribution in [-0.4, -0.2) is 18.7 Å². The molecule has 1 aromatic rings. The van der Waals surface area contributed by atoms with E-state index in [-0.39, 0.29) is 17.5 Å². The number of benzene rings is 1. The van der Waals surface area contributed by atoms with Crippen molar-refractivity contribution in [1.29, 1.82) is 0 Å². The van der Waals surface area contributed by atoms with E-state index >= 15 is 0 Å². The second kappa shape index (κ2) is 4.32. The van der Waals surface area contributed by atoms with Crippen LogP contribution in [0.3, 0.4) is 0 Å². The molecule has 0 heterocycles. The van der Waals surface area contributed by atoms with E-state index in [0.717, 1.165) is 5.56 Å². The first-order chi connectivity index (χ1) is 8.04. The van der Waals surface area contributed by atoms with Crippen molar-refractivity contribution in [2.24, 2.45) is 11.8 Å². The summed E-state index contributed by atoms with van der Waals surface area (Å²) in [6.45, 7) is 3.67. The summed E-state index contributed by atoms with van der Waals surface area (Å²) in [6.07, 6.45) is 0.537. The molecule has 0 N–H and O–H groups in total. The van der Waals surface area contributed by atoms with Crippen molar-refractivity contribution in [3.8, 4) is 5.75 Å². The van der Waals surface area contributed by atoms with Gasteiger partial charge >= 0.3 is 0 Å². The first kappa shape index (κ1) is 11.8. The number of carbonyl (C=O) groups is 2. The van der Waals surface area contributed by atoms with Crippen LogP contribution in [0.25, 0.3) is 0 Å². The molecule has 2 rings (SSSR count). The van der Waals surface area contributed by atoms with Crippen molar-refractivity contribution in [2.75, 3.05) is 7.11 Å². The third-order valence-electron chi connectivity index (χ3n) is 3.24. The van der Waals surface area contributed by atoms with Crippen LogP contribution in [0.1, 0.15) is 29.8 Å². The molecule has 0 fully saturated rings. The SMILES string of the molecule is COc1ccc2c(c1)C(=O)C(C(=O)C(C)C)C2. The molecule has 0 aromatic heterocycles. The van der Waals surface area contributed by atoms with E-state index in [4.69, 9.17) is 4.74 Å². The quantitative estimate of drug-likeness (QED) is 0.751. The lowest BCUT2D eigenvalue weighted by Crippen LogP contribution is -2.24. The van der Waals surface area contributed by atoms with Crippen molar-refractivity contribution in [1.82, 2.24) is 0 Å². The molecule has 1 aliphatic carbocycles. The monoisotopic (exact) mass is 232 g/mol. The first-order valence-electron chi connectivity index (χ1n) is 5.79. The second-order valence-electron chi connectivity index (χ2n) is 4.70. The summed E-state index contributed by atoms with van der Waals surface area (Å²) >= 11 is 0. The van der Waals surface area contributed by atoms with E-state index in [9.17, 15) is 9.59 Å². The third-order valence-corrected chi connectivity index (χ3v) is 3.24. The van der Waals surface area contributed by atoms with Gasteiger partial charge in [-0.25, -0.2) is 0 Å². The lowest BCUT2D eigenvalue weighted by atomic mass is 9.92. The van der Waals surface area contributed by atoms with Gasteiger partial charge in [-0.3, -0.25) is 9.59 Å². The van der Waals surface area contributed by atoms with Crippen molar-refractivity contribution in [2.45, 2.75) is 20.3 Å². The molecule has 3 heteroatoms. The van der Waals surface area contributed by atoms with E-state index in [1.807, 2.05) is 26.0 Å². The summed E-state index contributed by atoms with van der Waals surface area (Å²) in [4.78, 5) is 24.1. The summed E-state index contributed by atoms with van der Waals surface area (Å²) in [5.74, 6) is 0.0507. The second-order valence-corrected chi connectivity index (χ2v) is 4.70. The zero-order chi connectivity index (χ0) is 12.6. The number of rotatable bonds is 3. The number of hydrogen-bond donors (Lipinski definition) is 0. The van der Waals surface area contributed by atoms with Gasteiger partial charge in [-0.15, -0.1) is 0 Å². The maximum Gasteiger partial charge on any atom is 0.174 e. The molecule has 0 radical (unpaired) electrons. The minimum absolute atomic E-state index is 0.0326. The van der Waals surface area contributed by atoms with Crippen molar-refractivity contribution >= 4 is 11.6 Å². The number of Topliss-reactive ketones (excluding diaryl/α,β-unsaturated/α-hetero) is 2. The standard InChI is InChI=1S/C14H16O3/c1-8(2)13(15)12-6-9-4-5-10(17-3)7-11(9)14(12)16/h4-5,7-8,12H,6H2,1-3H3. The van der Waals surface area contributed by atoms with Crippen LogP contribution in [0.2, 0.25) is 0 Å². The van der Waals surface area contributed by atoms with Gasteiger partial charge in [0.25, 0.3) is 0 Å². The van der Waals surface area contributed by atoms with Gasteiger partial charge in [-0.2, -0.15) is 0 Å². The molecule has 0 amide bonds. The molecule has 90 valence electrons. The van der Waals surface area contributed by atoms with E-state index in [0.29, 0.717) is 17.7 Å². The van der Waals surface area contributed by atoms with Gasteiger partial charge in [0.2, 0.25) is 0 Å². The molecule has 3 nitrogen and oxygen atoms in total. The van der Waals surface area contributed by atoms with Gasteiger partial charge in [-0.05, 0) is 24.1 Å². The van der Waals surface area contributed by atoms with Crippen LogP contribution in [0.4, 0.5) is 0 Å². The Morgan fingerprint density at radius 3 is 2.71 bits per heavy atom. The highest BCUT2D eigenvalue weighted by Gasteiger charge is 2.36. The molecule has 0 bridgehead atoms. The predicted octanol–water partition coefficient (Wildman–Crippen LogP) is 2.28. The number of hydrogen-bond acceptors (Lipinski definition) is 3. The van der Waals surface area contributed by atoms with Crippen LogP contribution in [0, 0.1) is 11.8 Å². The summed E-state index contributed by atoms with van der Waals surface area (Å²) in [5, 5.41) is 0. The van der Waals surface area contributed by atoms with Crippen molar-refractivity contribution in [3.05, 3.63) is 29.3 Å². The van der Waals surface area contributed by atoms with Crippen LogP contribution < -0.4 is 4.74 Å². The van der Waals surface area contributed by atoms with Gasteiger partial charge in [0.05, 0.1) is 13.0 Å². The van der Waals surface area contributed by atoms with Gasteiger partial charge in [-0.1, -0.05) is 19.9 Å². The normalized spacial score (nSPS) is 18.4. The molecule has 0 aliphatic heterocycles. The molecule has 1 aliphatic rings. The van der Waals surface area contributed by atoms with Crippen molar-refractivity contribution < 1.29 is 14.3 Å². The molecule has 1 atom stereocenters. The van der Waals surface area contributed by atoms with E-state index in [2.05, 4.69) is 0 Å². The topological polar surface area (TPSA) is 43.4 Å². The minimum atomic E-state index is -0.489. The molecule has 0 saturated carbocycles. The van der Waals surface area contributed by atoms with E-state index in [1.54, 1.807) is 13.2 Å². The molecule has 0 saturated heterocycles. The highest BCUT2D eigenvalue weighted by molar-refractivity contribution is 6.14. The Balaban J connectivity index is 2.33. The van der Waals surface area contributed by atoms with Crippen molar-refractivity contribution in [3.63, 3.8) is 0 Å². The summed E-state index contributed by atoms with van der Waals surface area (Å²) in [6, 6.07) is 5.43. The fourth-order valence-electron chi connectivity index (χ4n) is 2.22. The van der Waals surface area contributed by atoms with E-state index in [1.165, 1.54) is 0 Å². The van der Waals surface area contributed by atoms with Gasteiger partial charge in [0.1, 0.15) is 11.5 Å². The van der Waals surface area contributed by atoms with Crippen LogP contribution in [0.15, 0.2) is 18.2 Å². The summed E-state index contributed by atoms with van der Waals surface area (Å²) < 4.78 is 5.09. The van der Waals surface area contributed by atoms with Gasteiger partial charge in [0.15, 0.2) is 5.78 Å². The highest BCUT2D eigenvalue weighted by atomic mass is 16.5. The Morgan fingerprint density at radius 1 is 1.41 bits per heavy atom. The number of fused-ring (bicyclic) bond motifs is 1. The molecule has 17 heavy (non-hydrogen) atoms. The Bertz CT molecular complexity index is 474. The molecule has 0 spiro atoms. The average Bonchev–Trinajstić information content (AvgIpc) is 2.65.